The number of rotatable bonds is 6. The van der Waals surface area contributed by atoms with Gasteiger partial charge in [0.2, 0.25) is 0 Å². The van der Waals surface area contributed by atoms with Crippen LogP contribution >= 0.6 is 0 Å². The maximum Gasteiger partial charge on any atom is 0.261 e. The lowest BCUT2D eigenvalue weighted by Gasteiger charge is -2.09. The predicted octanol–water partition coefficient (Wildman–Crippen LogP) is 2.26. The van der Waals surface area contributed by atoms with Crippen LogP contribution in [0, 0.1) is 5.82 Å². The van der Waals surface area contributed by atoms with Gasteiger partial charge in [-0.3, -0.25) is 4.72 Å². The van der Waals surface area contributed by atoms with E-state index < -0.39 is 21.6 Å². The molecule has 0 aromatic heterocycles. The summed E-state index contributed by atoms with van der Waals surface area (Å²) >= 11 is 0. The lowest BCUT2D eigenvalue weighted by molar-refractivity contribution is 0.288. The van der Waals surface area contributed by atoms with Crippen LogP contribution in [-0.2, 0) is 16.4 Å². The van der Waals surface area contributed by atoms with E-state index in [9.17, 15) is 12.8 Å². The number of phenols is 1. The highest BCUT2D eigenvalue weighted by molar-refractivity contribution is 7.92. The van der Waals surface area contributed by atoms with Crippen LogP contribution < -0.4 is 4.72 Å². The topological polar surface area (TPSA) is 86.6 Å². The number of anilines is 1. The van der Waals surface area contributed by atoms with Crippen molar-refractivity contribution in [1.82, 2.24) is 0 Å². The van der Waals surface area contributed by atoms with E-state index in [-0.39, 0.29) is 17.2 Å². The molecule has 0 atom stereocenters. The standard InChI is InChI=1S/C15H16FNO4S/c16-14-10-12(5-8-15(14)19)17-22(20,21)13-6-3-11(4-7-13)2-1-9-18/h3-8,10,17-19H,1-2,9H2. The zero-order chi connectivity index (χ0) is 16.2. The molecule has 0 aliphatic heterocycles. The number of aliphatic hydroxyl groups is 1. The fraction of sp³-hybridized carbons (Fsp3) is 0.200. The smallest absolute Gasteiger partial charge is 0.261 e. The van der Waals surface area contributed by atoms with Crippen molar-refractivity contribution in [3.63, 3.8) is 0 Å². The first kappa shape index (κ1) is 16.3. The van der Waals surface area contributed by atoms with E-state index >= 15 is 0 Å². The lowest BCUT2D eigenvalue weighted by atomic mass is 10.1. The van der Waals surface area contributed by atoms with Crippen LogP contribution in [0.1, 0.15) is 12.0 Å². The maximum absolute atomic E-state index is 13.2. The number of aliphatic hydroxyl groups excluding tert-OH is 1. The van der Waals surface area contributed by atoms with Gasteiger partial charge in [-0.1, -0.05) is 12.1 Å². The van der Waals surface area contributed by atoms with Gasteiger partial charge in [0, 0.05) is 12.7 Å². The number of phenolic OH excluding ortho intramolecular Hbond substituents is 1. The van der Waals surface area contributed by atoms with Crippen molar-refractivity contribution in [2.45, 2.75) is 17.7 Å². The fourth-order valence-electron chi connectivity index (χ4n) is 1.90. The summed E-state index contributed by atoms with van der Waals surface area (Å²) in [6, 6.07) is 9.49. The summed E-state index contributed by atoms with van der Waals surface area (Å²) < 4.78 is 39.8. The summed E-state index contributed by atoms with van der Waals surface area (Å²) in [6.07, 6.45) is 1.27. The van der Waals surface area contributed by atoms with Gasteiger partial charge < -0.3 is 10.2 Å². The molecule has 2 aromatic rings. The molecule has 0 bridgehead atoms. The third-order valence-electron chi connectivity index (χ3n) is 3.06. The molecule has 5 nitrogen and oxygen atoms in total. The zero-order valence-electron chi connectivity index (χ0n) is 11.7. The van der Waals surface area contributed by atoms with E-state index in [4.69, 9.17) is 10.2 Å². The first-order valence-electron chi connectivity index (χ1n) is 6.63. The molecule has 0 saturated heterocycles. The van der Waals surface area contributed by atoms with Crippen molar-refractivity contribution >= 4 is 15.7 Å². The van der Waals surface area contributed by atoms with Crippen molar-refractivity contribution in [3.05, 3.63) is 53.8 Å². The Kier molecular flexibility index (Phi) is 4.99. The second-order valence-electron chi connectivity index (χ2n) is 4.74. The fourth-order valence-corrected chi connectivity index (χ4v) is 2.95. The van der Waals surface area contributed by atoms with Gasteiger partial charge in [-0.2, -0.15) is 0 Å². The molecule has 0 amide bonds. The van der Waals surface area contributed by atoms with Gasteiger partial charge >= 0.3 is 0 Å². The SMILES string of the molecule is O=S(=O)(Nc1ccc(O)c(F)c1)c1ccc(CCCO)cc1. The highest BCUT2D eigenvalue weighted by Gasteiger charge is 2.15. The van der Waals surface area contributed by atoms with Gasteiger partial charge in [0.05, 0.1) is 10.6 Å². The Labute approximate surface area is 128 Å². The van der Waals surface area contributed by atoms with E-state index in [1.165, 1.54) is 18.2 Å². The number of aryl methyl sites for hydroxylation is 1. The summed E-state index contributed by atoms with van der Waals surface area (Å²) in [5, 5.41) is 17.9. The summed E-state index contributed by atoms with van der Waals surface area (Å²) in [5.41, 5.74) is 0.948. The number of aromatic hydroxyl groups is 1. The van der Waals surface area contributed by atoms with Crippen LogP contribution in [0.2, 0.25) is 0 Å². The van der Waals surface area contributed by atoms with Crippen molar-refractivity contribution in [2.24, 2.45) is 0 Å². The van der Waals surface area contributed by atoms with Crippen molar-refractivity contribution in [1.29, 1.82) is 0 Å². The number of hydrogen-bond donors (Lipinski definition) is 3. The van der Waals surface area contributed by atoms with E-state index in [1.807, 2.05) is 0 Å². The molecule has 2 rings (SSSR count). The third-order valence-corrected chi connectivity index (χ3v) is 4.45. The van der Waals surface area contributed by atoms with E-state index in [0.29, 0.717) is 12.8 Å². The second-order valence-corrected chi connectivity index (χ2v) is 6.43. The Morgan fingerprint density at radius 3 is 2.36 bits per heavy atom. The summed E-state index contributed by atoms with van der Waals surface area (Å²) in [7, 11) is -3.83. The van der Waals surface area contributed by atoms with E-state index in [1.54, 1.807) is 12.1 Å². The number of nitrogens with one attached hydrogen (secondary N) is 1. The first-order valence-corrected chi connectivity index (χ1v) is 8.12. The number of sulfonamides is 1. The highest BCUT2D eigenvalue weighted by atomic mass is 32.2. The zero-order valence-corrected chi connectivity index (χ0v) is 12.5. The molecule has 0 spiro atoms. The molecule has 118 valence electrons. The quantitative estimate of drug-likeness (QED) is 0.711. The Morgan fingerprint density at radius 2 is 1.77 bits per heavy atom. The monoisotopic (exact) mass is 325 g/mol. The second kappa shape index (κ2) is 6.76. The molecule has 7 heteroatoms. The maximum atomic E-state index is 13.2. The van der Waals surface area contributed by atoms with Crippen molar-refractivity contribution in [3.8, 4) is 5.75 Å². The molecule has 2 aromatic carbocycles. The molecule has 0 saturated carbocycles. The first-order chi connectivity index (χ1) is 10.4. The summed E-state index contributed by atoms with van der Waals surface area (Å²) in [4.78, 5) is 0.0498. The van der Waals surface area contributed by atoms with Gasteiger partial charge in [-0.15, -0.1) is 0 Å². The van der Waals surface area contributed by atoms with Gasteiger partial charge in [-0.25, -0.2) is 12.8 Å². The number of halogens is 1. The van der Waals surface area contributed by atoms with E-state index in [2.05, 4.69) is 4.72 Å². The molecule has 0 aliphatic carbocycles. The number of hydrogen-bond acceptors (Lipinski definition) is 4. The highest BCUT2D eigenvalue weighted by Crippen LogP contribution is 2.22. The van der Waals surface area contributed by atoms with Gasteiger partial charge in [0.15, 0.2) is 11.6 Å². The molecule has 0 heterocycles. The van der Waals surface area contributed by atoms with Crippen LogP contribution in [0.5, 0.6) is 5.75 Å². The average molecular weight is 325 g/mol. The van der Waals surface area contributed by atoms with Crippen LogP contribution in [-0.4, -0.2) is 25.2 Å². The largest absolute Gasteiger partial charge is 0.505 e. The van der Waals surface area contributed by atoms with Gasteiger partial charge in [0.1, 0.15) is 0 Å². The molecule has 0 fully saturated rings. The van der Waals surface area contributed by atoms with Crippen LogP contribution in [0.3, 0.4) is 0 Å². The minimum absolute atomic E-state index is 0.0275. The van der Waals surface area contributed by atoms with Crippen LogP contribution in [0.4, 0.5) is 10.1 Å². The summed E-state index contributed by atoms with van der Waals surface area (Å²) in [5.74, 6) is -1.45. The molecule has 3 N–H and O–H groups in total. The van der Waals surface area contributed by atoms with Crippen LogP contribution in [0.25, 0.3) is 0 Å². The Balaban J connectivity index is 2.17. The Hall–Kier alpha value is -2.12. The lowest BCUT2D eigenvalue weighted by Crippen LogP contribution is -2.13. The predicted molar refractivity (Wildman–Crippen MR) is 80.7 cm³/mol. The minimum Gasteiger partial charge on any atom is -0.505 e. The van der Waals surface area contributed by atoms with Gasteiger partial charge in [-0.05, 0) is 42.7 Å². The molecular formula is C15H16FNO4S. The third kappa shape index (κ3) is 3.96. The number of benzene rings is 2. The Morgan fingerprint density at radius 1 is 1.09 bits per heavy atom. The van der Waals surface area contributed by atoms with Crippen LogP contribution in [0.15, 0.2) is 47.4 Å². The van der Waals surface area contributed by atoms with Gasteiger partial charge in [0.25, 0.3) is 10.0 Å². The minimum atomic E-state index is -3.83. The Bertz CT molecular complexity index is 745. The molecule has 22 heavy (non-hydrogen) atoms. The van der Waals surface area contributed by atoms with Crippen molar-refractivity contribution < 1.29 is 23.0 Å². The molecular weight excluding hydrogens is 309 g/mol. The van der Waals surface area contributed by atoms with E-state index in [0.717, 1.165) is 17.7 Å². The molecule has 0 radical (unpaired) electrons. The normalized spacial score (nSPS) is 11.4. The molecule has 0 unspecified atom stereocenters. The van der Waals surface area contributed by atoms with Crippen molar-refractivity contribution in [2.75, 3.05) is 11.3 Å². The summed E-state index contributed by atoms with van der Waals surface area (Å²) in [6.45, 7) is 0.0774. The average Bonchev–Trinajstić information content (AvgIpc) is 2.49. The molecule has 0 aliphatic rings.